The van der Waals surface area contributed by atoms with E-state index in [1.807, 2.05) is 24.3 Å². The molecule has 0 saturated carbocycles. The predicted octanol–water partition coefficient (Wildman–Crippen LogP) is 2.69. The molecule has 1 N–H and O–H groups in total. The third kappa shape index (κ3) is 3.01. The third-order valence-corrected chi connectivity index (χ3v) is 2.86. The summed E-state index contributed by atoms with van der Waals surface area (Å²) in [5.41, 5.74) is 2.55. The summed E-state index contributed by atoms with van der Waals surface area (Å²) in [7, 11) is 3.20. The molecule has 0 saturated heterocycles. The Bertz CT molecular complexity index is 633. The maximum absolute atomic E-state index is 5.38. The SMILES string of the molecule is C#Cc1cccc(NCc2nccc(OC)c2OC)c1. The lowest BCUT2D eigenvalue weighted by molar-refractivity contribution is 0.350. The van der Waals surface area contributed by atoms with E-state index in [9.17, 15) is 0 Å². The molecule has 0 aliphatic rings. The van der Waals surface area contributed by atoms with Gasteiger partial charge in [-0.25, -0.2) is 0 Å². The van der Waals surface area contributed by atoms with E-state index in [0.29, 0.717) is 18.0 Å². The number of terminal acetylenes is 1. The van der Waals surface area contributed by atoms with Crippen molar-refractivity contribution in [3.63, 3.8) is 0 Å². The molecular weight excluding hydrogens is 252 g/mol. The average molecular weight is 268 g/mol. The van der Waals surface area contributed by atoms with Crippen molar-refractivity contribution in [2.75, 3.05) is 19.5 Å². The number of rotatable bonds is 5. The Morgan fingerprint density at radius 1 is 1.25 bits per heavy atom. The summed E-state index contributed by atoms with van der Waals surface area (Å²) in [5.74, 6) is 3.90. The predicted molar refractivity (Wildman–Crippen MR) is 79.0 cm³/mol. The van der Waals surface area contributed by atoms with Crippen LogP contribution < -0.4 is 14.8 Å². The molecule has 4 nitrogen and oxygen atoms in total. The number of aromatic nitrogens is 1. The van der Waals surface area contributed by atoms with E-state index in [2.05, 4.69) is 16.2 Å². The van der Waals surface area contributed by atoms with Crippen LogP contribution in [0, 0.1) is 12.3 Å². The van der Waals surface area contributed by atoms with Gasteiger partial charge in [0.05, 0.1) is 20.8 Å². The first-order valence-electron chi connectivity index (χ1n) is 6.15. The van der Waals surface area contributed by atoms with Crippen LogP contribution >= 0.6 is 0 Å². The van der Waals surface area contributed by atoms with Crippen molar-refractivity contribution >= 4 is 5.69 Å². The topological polar surface area (TPSA) is 43.4 Å². The molecule has 102 valence electrons. The van der Waals surface area contributed by atoms with Crippen LogP contribution in [0.25, 0.3) is 0 Å². The summed E-state index contributed by atoms with van der Waals surface area (Å²) in [4.78, 5) is 4.31. The van der Waals surface area contributed by atoms with Gasteiger partial charge in [-0.05, 0) is 18.2 Å². The van der Waals surface area contributed by atoms with Crippen molar-refractivity contribution in [1.82, 2.24) is 4.98 Å². The Morgan fingerprint density at radius 2 is 2.10 bits per heavy atom. The lowest BCUT2D eigenvalue weighted by atomic mass is 10.2. The second-order valence-corrected chi connectivity index (χ2v) is 4.07. The molecule has 0 aliphatic carbocycles. The van der Waals surface area contributed by atoms with Gasteiger partial charge in [0.25, 0.3) is 0 Å². The number of benzene rings is 1. The minimum absolute atomic E-state index is 0.522. The number of hydrogen-bond donors (Lipinski definition) is 1. The van der Waals surface area contributed by atoms with Gasteiger partial charge in [-0.3, -0.25) is 4.98 Å². The van der Waals surface area contributed by atoms with Crippen LogP contribution in [0.2, 0.25) is 0 Å². The number of nitrogens with one attached hydrogen (secondary N) is 1. The summed E-state index contributed by atoms with van der Waals surface area (Å²) in [5, 5.41) is 3.27. The molecule has 0 radical (unpaired) electrons. The highest BCUT2D eigenvalue weighted by Gasteiger charge is 2.10. The minimum Gasteiger partial charge on any atom is -0.493 e. The number of ether oxygens (including phenoxy) is 2. The summed E-state index contributed by atoms with van der Waals surface area (Å²) in [6, 6.07) is 9.42. The van der Waals surface area contributed by atoms with Crippen molar-refractivity contribution in [3.05, 3.63) is 47.8 Å². The van der Waals surface area contributed by atoms with Crippen LogP contribution in [0.15, 0.2) is 36.5 Å². The third-order valence-electron chi connectivity index (χ3n) is 2.86. The first kappa shape index (κ1) is 13.8. The minimum atomic E-state index is 0.522. The molecule has 1 aromatic carbocycles. The van der Waals surface area contributed by atoms with Gasteiger partial charge in [-0.1, -0.05) is 12.0 Å². The molecular formula is C16H16N2O2. The van der Waals surface area contributed by atoms with E-state index in [1.54, 1.807) is 26.5 Å². The van der Waals surface area contributed by atoms with Crippen LogP contribution in [-0.4, -0.2) is 19.2 Å². The molecule has 0 atom stereocenters. The zero-order valence-corrected chi connectivity index (χ0v) is 11.5. The smallest absolute Gasteiger partial charge is 0.184 e. The summed E-state index contributed by atoms with van der Waals surface area (Å²) < 4.78 is 10.6. The van der Waals surface area contributed by atoms with E-state index in [4.69, 9.17) is 15.9 Å². The van der Waals surface area contributed by atoms with Crippen LogP contribution in [0.4, 0.5) is 5.69 Å². The summed E-state index contributed by atoms with van der Waals surface area (Å²) in [6.07, 6.45) is 7.07. The monoisotopic (exact) mass is 268 g/mol. The van der Waals surface area contributed by atoms with Crippen molar-refractivity contribution in [2.45, 2.75) is 6.54 Å². The van der Waals surface area contributed by atoms with E-state index >= 15 is 0 Å². The zero-order chi connectivity index (χ0) is 14.4. The highest BCUT2D eigenvalue weighted by atomic mass is 16.5. The van der Waals surface area contributed by atoms with Crippen LogP contribution in [0.3, 0.4) is 0 Å². The number of methoxy groups -OCH3 is 2. The van der Waals surface area contributed by atoms with E-state index in [0.717, 1.165) is 16.9 Å². The molecule has 0 spiro atoms. The van der Waals surface area contributed by atoms with Crippen LogP contribution in [0.1, 0.15) is 11.3 Å². The molecule has 0 bridgehead atoms. The Hall–Kier alpha value is -2.67. The Labute approximate surface area is 118 Å². The molecule has 0 aliphatic heterocycles. The maximum Gasteiger partial charge on any atom is 0.184 e. The molecule has 4 heteroatoms. The summed E-state index contributed by atoms with van der Waals surface area (Å²) in [6.45, 7) is 0.522. The van der Waals surface area contributed by atoms with Crippen molar-refractivity contribution in [1.29, 1.82) is 0 Å². The zero-order valence-electron chi connectivity index (χ0n) is 11.5. The molecule has 0 unspecified atom stereocenters. The van der Waals surface area contributed by atoms with Gasteiger partial charge in [-0.15, -0.1) is 6.42 Å². The average Bonchev–Trinajstić information content (AvgIpc) is 2.52. The van der Waals surface area contributed by atoms with Crippen LogP contribution in [0.5, 0.6) is 11.5 Å². The Kier molecular flexibility index (Phi) is 4.46. The fraction of sp³-hybridized carbons (Fsp3) is 0.188. The largest absolute Gasteiger partial charge is 0.493 e. The normalized spacial score (nSPS) is 9.65. The molecule has 0 amide bonds. The van der Waals surface area contributed by atoms with Gasteiger partial charge in [-0.2, -0.15) is 0 Å². The Morgan fingerprint density at radius 3 is 2.80 bits per heavy atom. The van der Waals surface area contributed by atoms with Crippen LogP contribution in [-0.2, 0) is 6.54 Å². The van der Waals surface area contributed by atoms with E-state index in [1.165, 1.54) is 0 Å². The lowest BCUT2D eigenvalue weighted by Gasteiger charge is -2.12. The van der Waals surface area contributed by atoms with Gasteiger partial charge in [0.2, 0.25) is 0 Å². The van der Waals surface area contributed by atoms with Gasteiger partial charge in [0.1, 0.15) is 5.69 Å². The molecule has 1 aromatic heterocycles. The van der Waals surface area contributed by atoms with Gasteiger partial charge >= 0.3 is 0 Å². The van der Waals surface area contributed by atoms with Gasteiger partial charge in [0, 0.05) is 23.5 Å². The molecule has 0 fully saturated rings. The van der Waals surface area contributed by atoms with Gasteiger partial charge < -0.3 is 14.8 Å². The number of hydrogen-bond acceptors (Lipinski definition) is 4. The fourth-order valence-electron chi connectivity index (χ4n) is 1.88. The highest BCUT2D eigenvalue weighted by Crippen LogP contribution is 2.29. The standard InChI is InChI=1S/C16H16N2O2/c1-4-12-6-5-7-13(10-12)18-11-14-16(20-3)15(19-2)8-9-17-14/h1,5-10,18H,11H2,2-3H3. The maximum atomic E-state index is 5.38. The van der Waals surface area contributed by atoms with E-state index in [-0.39, 0.29) is 0 Å². The first-order valence-corrected chi connectivity index (χ1v) is 6.15. The Balaban J connectivity index is 2.16. The molecule has 1 heterocycles. The number of anilines is 1. The van der Waals surface area contributed by atoms with E-state index < -0.39 is 0 Å². The van der Waals surface area contributed by atoms with Gasteiger partial charge in [0.15, 0.2) is 11.5 Å². The number of nitrogens with zero attached hydrogens (tertiary/aromatic N) is 1. The first-order chi connectivity index (χ1) is 9.78. The lowest BCUT2D eigenvalue weighted by Crippen LogP contribution is -2.05. The molecule has 20 heavy (non-hydrogen) atoms. The number of pyridine rings is 1. The second kappa shape index (κ2) is 6.48. The quantitative estimate of drug-likeness (QED) is 0.847. The van der Waals surface area contributed by atoms with Crippen molar-refractivity contribution in [2.24, 2.45) is 0 Å². The van der Waals surface area contributed by atoms with Crippen molar-refractivity contribution < 1.29 is 9.47 Å². The summed E-state index contributed by atoms with van der Waals surface area (Å²) >= 11 is 0. The molecule has 2 rings (SSSR count). The fourth-order valence-corrected chi connectivity index (χ4v) is 1.88. The second-order valence-electron chi connectivity index (χ2n) is 4.07. The van der Waals surface area contributed by atoms with Crippen molar-refractivity contribution in [3.8, 4) is 23.8 Å². The highest BCUT2D eigenvalue weighted by molar-refractivity contribution is 5.51. The molecule has 2 aromatic rings.